The predicted molar refractivity (Wildman–Crippen MR) is 63.0 cm³/mol. The lowest BCUT2D eigenvalue weighted by Gasteiger charge is -2.31. The minimum Gasteiger partial charge on any atom is -0.481 e. The lowest BCUT2D eigenvalue weighted by Crippen LogP contribution is -2.52. The average molecular weight is 297 g/mol. The van der Waals surface area contributed by atoms with Crippen molar-refractivity contribution in [2.45, 2.75) is 44.8 Å². The molecule has 0 aromatic carbocycles. The third-order valence-corrected chi connectivity index (χ3v) is 3.37. The van der Waals surface area contributed by atoms with Crippen molar-refractivity contribution >= 4 is 11.9 Å². The molecule has 1 unspecified atom stereocenters. The van der Waals surface area contributed by atoms with Crippen LogP contribution in [0.5, 0.6) is 0 Å². The first-order valence-corrected chi connectivity index (χ1v) is 6.15. The summed E-state index contributed by atoms with van der Waals surface area (Å²) in [4.78, 5) is 22.6. The second-order valence-electron chi connectivity index (χ2n) is 5.76. The van der Waals surface area contributed by atoms with Gasteiger partial charge in [0.05, 0.1) is 24.0 Å². The number of alkyl halides is 3. The van der Waals surface area contributed by atoms with Gasteiger partial charge in [0.15, 0.2) is 0 Å². The first kappa shape index (κ1) is 16.7. The van der Waals surface area contributed by atoms with E-state index in [0.717, 1.165) is 13.8 Å². The number of carboxylic acids is 1. The predicted octanol–water partition coefficient (Wildman–Crippen LogP) is 1.72. The first-order valence-electron chi connectivity index (χ1n) is 6.15. The Morgan fingerprint density at radius 3 is 2.35 bits per heavy atom. The quantitative estimate of drug-likeness (QED) is 0.810. The number of amides is 1. The summed E-state index contributed by atoms with van der Waals surface area (Å²) in [5.74, 6) is -1.95. The SMILES string of the molecule is CC(C)(CC(=O)NC1(CC(=O)O)CCOC1)C(F)(F)F. The van der Waals surface area contributed by atoms with E-state index in [1.165, 1.54) is 0 Å². The van der Waals surface area contributed by atoms with E-state index in [-0.39, 0.29) is 26.1 Å². The molecule has 5 nitrogen and oxygen atoms in total. The molecule has 20 heavy (non-hydrogen) atoms. The van der Waals surface area contributed by atoms with Gasteiger partial charge < -0.3 is 15.2 Å². The van der Waals surface area contributed by atoms with Crippen molar-refractivity contribution in [3.8, 4) is 0 Å². The standard InChI is InChI=1S/C12H18F3NO4/c1-10(2,12(13,14)15)5-8(17)16-11(6-9(18)19)3-4-20-7-11/h3-7H2,1-2H3,(H,16,17)(H,18,19). The molecule has 116 valence electrons. The summed E-state index contributed by atoms with van der Waals surface area (Å²) in [6.45, 7) is 2.14. The second-order valence-corrected chi connectivity index (χ2v) is 5.76. The van der Waals surface area contributed by atoms with Crippen LogP contribution >= 0.6 is 0 Å². The molecular formula is C12H18F3NO4. The Labute approximate surface area is 114 Å². The van der Waals surface area contributed by atoms with Crippen LogP contribution in [0.25, 0.3) is 0 Å². The Hall–Kier alpha value is -1.31. The van der Waals surface area contributed by atoms with E-state index in [9.17, 15) is 22.8 Å². The minimum absolute atomic E-state index is 0.00249. The molecule has 0 radical (unpaired) electrons. The molecule has 2 N–H and O–H groups in total. The lowest BCUT2D eigenvalue weighted by molar-refractivity contribution is -0.214. The summed E-state index contributed by atoms with van der Waals surface area (Å²) in [6.07, 6.45) is -5.35. The third-order valence-electron chi connectivity index (χ3n) is 3.37. The van der Waals surface area contributed by atoms with Crippen LogP contribution in [0.3, 0.4) is 0 Å². The molecule has 0 spiro atoms. The van der Waals surface area contributed by atoms with Crippen molar-refractivity contribution in [2.75, 3.05) is 13.2 Å². The van der Waals surface area contributed by atoms with Gasteiger partial charge in [-0.1, -0.05) is 13.8 Å². The van der Waals surface area contributed by atoms with E-state index in [2.05, 4.69) is 5.32 Å². The molecule has 0 aromatic heterocycles. The highest BCUT2D eigenvalue weighted by atomic mass is 19.4. The molecule has 1 aliphatic heterocycles. The number of hydrogen-bond donors (Lipinski definition) is 2. The highest BCUT2D eigenvalue weighted by Crippen LogP contribution is 2.40. The van der Waals surface area contributed by atoms with Gasteiger partial charge in [0.1, 0.15) is 0 Å². The Kier molecular flexibility index (Phi) is 4.68. The van der Waals surface area contributed by atoms with Crippen LogP contribution in [-0.2, 0) is 14.3 Å². The normalized spacial score (nSPS) is 23.6. The van der Waals surface area contributed by atoms with Crippen LogP contribution in [0.1, 0.15) is 33.1 Å². The first-order chi connectivity index (χ1) is 8.97. The summed E-state index contributed by atoms with van der Waals surface area (Å²) in [5, 5.41) is 11.2. The fraction of sp³-hybridized carbons (Fsp3) is 0.833. The average Bonchev–Trinajstić information content (AvgIpc) is 2.61. The molecule has 1 aliphatic rings. The lowest BCUT2D eigenvalue weighted by atomic mass is 9.87. The van der Waals surface area contributed by atoms with Crippen molar-refractivity contribution < 1.29 is 32.6 Å². The van der Waals surface area contributed by atoms with E-state index in [1.54, 1.807) is 0 Å². The monoisotopic (exact) mass is 297 g/mol. The fourth-order valence-corrected chi connectivity index (χ4v) is 2.02. The Morgan fingerprint density at radius 1 is 1.35 bits per heavy atom. The van der Waals surface area contributed by atoms with Gasteiger partial charge in [-0.2, -0.15) is 13.2 Å². The van der Waals surface area contributed by atoms with Crippen LogP contribution < -0.4 is 5.32 Å². The minimum atomic E-state index is -4.50. The maximum Gasteiger partial charge on any atom is 0.394 e. The Morgan fingerprint density at radius 2 is 1.95 bits per heavy atom. The maximum atomic E-state index is 12.7. The number of ether oxygens (including phenoxy) is 1. The van der Waals surface area contributed by atoms with Crippen LogP contribution in [0, 0.1) is 5.41 Å². The molecule has 1 heterocycles. The molecular weight excluding hydrogens is 279 g/mol. The largest absolute Gasteiger partial charge is 0.481 e. The van der Waals surface area contributed by atoms with E-state index in [1.807, 2.05) is 0 Å². The van der Waals surface area contributed by atoms with E-state index in [0.29, 0.717) is 0 Å². The number of carbonyl (C=O) groups is 2. The molecule has 1 atom stereocenters. The van der Waals surface area contributed by atoms with Gasteiger partial charge in [-0.3, -0.25) is 9.59 Å². The smallest absolute Gasteiger partial charge is 0.394 e. The van der Waals surface area contributed by atoms with Crippen LogP contribution in [0.2, 0.25) is 0 Å². The fourth-order valence-electron chi connectivity index (χ4n) is 2.02. The summed E-state index contributed by atoms with van der Waals surface area (Å²) in [7, 11) is 0. The third kappa shape index (κ3) is 4.09. The number of aliphatic carboxylic acids is 1. The van der Waals surface area contributed by atoms with E-state index in [4.69, 9.17) is 9.84 Å². The van der Waals surface area contributed by atoms with Gasteiger partial charge in [-0.25, -0.2) is 0 Å². The van der Waals surface area contributed by atoms with Gasteiger partial charge in [0.2, 0.25) is 5.91 Å². The highest BCUT2D eigenvalue weighted by molar-refractivity contribution is 5.79. The van der Waals surface area contributed by atoms with Crippen molar-refractivity contribution in [2.24, 2.45) is 5.41 Å². The zero-order chi connectivity index (χ0) is 15.6. The van der Waals surface area contributed by atoms with E-state index < -0.39 is 35.4 Å². The van der Waals surface area contributed by atoms with Crippen molar-refractivity contribution in [1.29, 1.82) is 0 Å². The number of carboxylic acid groups (broad SMARTS) is 1. The number of halogens is 3. The molecule has 0 aromatic rings. The zero-order valence-corrected chi connectivity index (χ0v) is 11.3. The number of hydrogen-bond acceptors (Lipinski definition) is 3. The topological polar surface area (TPSA) is 75.6 Å². The molecule has 1 amide bonds. The highest BCUT2D eigenvalue weighted by Gasteiger charge is 2.49. The maximum absolute atomic E-state index is 12.7. The van der Waals surface area contributed by atoms with Crippen LogP contribution in [0.4, 0.5) is 13.2 Å². The van der Waals surface area contributed by atoms with Gasteiger partial charge in [-0.05, 0) is 6.42 Å². The number of nitrogens with one attached hydrogen (secondary N) is 1. The molecule has 0 saturated carbocycles. The molecule has 1 rings (SSSR count). The van der Waals surface area contributed by atoms with Crippen LogP contribution in [0.15, 0.2) is 0 Å². The van der Waals surface area contributed by atoms with E-state index >= 15 is 0 Å². The Bertz CT molecular complexity index is 387. The Balaban J connectivity index is 2.71. The summed E-state index contributed by atoms with van der Waals surface area (Å²) in [6, 6.07) is 0. The van der Waals surface area contributed by atoms with Crippen molar-refractivity contribution in [3.05, 3.63) is 0 Å². The number of rotatable bonds is 5. The summed E-state index contributed by atoms with van der Waals surface area (Å²) >= 11 is 0. The van der Waals surface area contributed by atoms with Gasteiger partial charge in [-0.15, -0.1) is 0 Å². The molecule has 8 heteroatoms. The second kappa shape index (κ2) is 5.59. The summed E-state index contributed by atoms with van der Waals surface area (Å²) in [5.41, 5.74) is -3.27. The van der Waals surface area contributed by atoms with Crippen molar-refractivity contribution in [3.63, 3.8) is 0 Å². The molecule has 1 fully saturated rings. The van der Waals surface area contributed by atoms with Gasteiger partial charge >= 0.3 is 12.1 Å². The van der Waals surface area contributed by atoms with Gasteiger partial charge in [0, 0.05) is 13.0 Å². The van der Waals surface area contributed by atoms with Gasteiger partial charge in [0.25, 0.3) is 0 Å². The summed E-state index contributed by atoms with van der Waals surface area (Å²) < 4.78 is 43.2. The number of carbonyl (C=O) groups excluding carboxylic acids is 1. The molecule has 0 aliphatic carbocycles. The van der Waals surface area contributed by atoms with Crippen LogP contribution in [-0.4, -0.2) is 41.9 Å². The zero-order valence-electron chi connectivity index (χ0n) is 11.3. The molecule has 0 bridgehead atoms. The van der Waals surface area contributed by atoms with Crippen molar-refractivity contribution in [1.82, 2.24) is 5.32 Å². The molecule has 1 saturated heterocycles.